The van der Waals surface area contributed by atoms with Gasteiger partial charge in [-0.25, -0.2) is 5.10 Å². The number of carboxylic acid groups (broad SMARTS) is 1. The number of fused-ring (bicyclic) bond motifs is 1. The van der Waals surface area contributed by atoms with E-state index in [1.807, 2.05) is 18.2 Å². The van der Waals surface area contributed by atoms with E-state index in [9.17, 15) is 19.5 Å². The fraction of sp³-hybridized carbons (Fsp3) is 0.360. The van der Waals surface area contributed by atoms with E-state index in [-0.39, 0.29) is 17.2 Å². The van der Waals surface area contributed by atoms with E-state index < -0.39 is 17.4 Å². The SMILES string of the molecule is CC1(C(=O)O)CC1N(C(=O)c1ccco1)c1cccc(Cc2n[nH]c(=O)c3c2CCCC3)c1. The maximum absolute atomic E-state index is 13.3. The van der Waals surface area contributed by atoms with Crippen LogP contribution in [0.1, 0.15) is 59.1 Å². The fourth-order valence-electron chi connectivity index (χ4n) is 4.79. The number of nitrogens with zero attached hydrogens (tertiary/aromatic N) is 2. The minimum atomic E-state index is -1.00. The van der Waals surface area contributed by atoms with Gasteiger partial charge in [0, 0.05) is 17.7 Å². The first-order valence-corrected chi connectivity index (χ1v) is 11.2. The van der Waals surface area contributed by atoms with Crippen molar-refractivity contribution in [2.45, 2.75) is 51.5 Å². The molecule has 0 bridgehead atoms. The number of aliphatic carboxylic acids is 1. The van der Waals surface area contributed by atoms with Crippen molar-refractivity contribution in [3.8, 4) is 0 Å². The molecule has 2 atom stereocenters. The van der Waals surface area contributed by atoms with Crippen molar-refractivity contribution in [2.24, 2.45) is 5.41 Å². The van der Waals surface area contributed by atoms with E-state index in [0.717, 1.165) is 48.1 Å². The van der Waals surface area contributed by atoms with Crippen LogP contribution in [-0.2, 0) is 24.1 Å². The number of amides is 1. The van der Waals surface area contributed by atoms with E-state index in [2.05, 4.69) is 10.2 Å². The molecule has 8 nitrogen and oxygen atoms in total. The summed E-state index contributed by atoms with van der Waals surface area (Å²) in [7, 11) is 0. The van der Waals surface area contributed by atoms with Crippen LogP contribution in [0, 0.1) is 5.41 Å². The van der Waals surface area contributed by atoms with Gasteiger partial charge in [0.05, 0.1) is 23.4 Å². The number of carbonyl (C=O) groups excluding carboxylic acids is 1. The Balaban J connectivity index is 1.49. The van der Waals surface area contributed by atoms with Crippen LogP contribution in [0.3, 0.4) is 0 Å². The molecular formula is C25H25N3O5. The first-order chi connectivity index (χ1) is 15.9. The molecule has 3 aromatic rings. The number of nitrogens with one attached hydrogen (secondary N) is 1. The lowest BCUT2D eigenvalue weighted by molar-refractivity contribution is -0.142. The molecule has 2 aromatic heterocycles. The molecule has 33 heavy (non-hydrogen) atoms. The topological polar surface area (TPSA) is 116 Å². The Hall–Kier alpha value is -3.68. The Labute approximate surface area is 190 Å². The summed E-state index contributed by atoms with van der Waals surface area (Å²) < 4.78 is 5.32. The number of H-pyrrole nitrogens is 1. The van der Waals surface area contributed by atoms with Crippen molar-refractivity contribution >= 4 is 17.6 Å². The number of aromatic nitrogens is 2. The van der Waals surface area contributed by atoms with Crippen LogP contribution in [0.2, 0.25) is 0 Å². The summed E-state index contributed by atoms with van der Waals surface area (Å²) in [6.07, 6.45) is 5.94. The predicted octanol–water partition coefficient (Wildman–Crippen LogP) is 3.34. The predicted molar refractivity (Wildman–Crippen MR) is 120 cm³/mol. The summed E-state index contributed by atoms with van der Waals surface area (Å²) in [5.41, 5.74) is 3.12. The Kier molecular flexibility index (Phi) is 5.15. The van der Waals surface area contributed by atoms with Gasteiger partial charge in [-0.2, -0.15) is 5.10 Å². The van der Waals surface area contributed by atoms with E-state index >= 15 is 0 Å². The van der Waals surface area contributed by atoms with Crippen molar-refractivity contribution in [1.29, 1.82) is 0 Å². The van der Waals surface area contributed by atoms with Crippen LogP contribution >= 0.6 is 0 Å². The van der Waals surface area contributed by atoms with Gasteiger partial charge >= 0.3 is 5.97 Å². The van der Waals surface area contributed by atoms with E-state index in [0.29, 0.717) is 18.5 Å². The molecule has 2 aliphatic rings. The van der Waals surface area contributed by atoms with Crippen LogP contribution in [-0.4, -0.2) is 33.2 Å². The average molecular weight is 447 g/mol. The number of aromatic amines is 1. The van der Waals surface area contributed by atoms with Crippen LogP contribution in [0.25, 0.3) is 0 Å². The van der Waals surface area contributed by atoms with Crippen molar-refractivity contribution in [3.05, 3.63) is 81.2 Å². The Morgan fingerprint density at radius 2 is 2.00 bits per heavy atom. The van der Waals surface area contributed by atoms with Gasteiger partial charge in [0.1, 0.15) is 0 Å². The summed E-state index contributed by atoms with van der Waals surface area (Å²) >= 11 is 0. The van der Waals surface area contributed by atoms with Gasteiger partial charge in [0.15, 0.2) is 5.76 Å². The quantitative estimate of drug-likeness (QED) is 0.599. The molecule has 1 fully saturated rings. The maximum atomic E-state index is 13.3. The largest absolute Gasteiger partial charge is 0.481 e. The van der Waals surface area contributed by atoms with Gasteiger partial charge in [-0.3, -0.25) is 14.4 Å². The number of carbonyl (C=O) groups is 2. The Morgan fingerprint density at radius 3 is 2.70 bits per heavy atom. The third-order valence-corrected chi connectivity index (χ3v) is 6.89. The van der Waals surface area contributed by atoms with Crippen LogP contribution in [0.5, 0.6) is 0 Å². The molecule has 1 aromatic carbocycles. The molecule has 5 rings (SSSR count). The normalized spacial score (nSPS) is 21.3. The summed E-state index contributed by atoms with van der Waals surface area (Å²) in [6.45, 7) is 1.66. The summed E-state index contributed by atoms with van der Waals surface area (Å²) in [5.74, 6) is -1.13. The Morgan fingerprint density at radius 1 is 1.21 bits per heavy atom. The molecule has 2 heterocycles. The lowest BCUT2D eigenvalue weighted by Crippen LogP contribution is -2.37. The van der Waals surface area contributed by atoms with Gasteiger partial charge in [-0.1, -0.05) is 12.1 Å². The zero-order valence-electron chi connectivity index (χ0n) is 18.3. The summed E-state index contributed by atoms with van der Waals surface area (Å²) in [5, 5.41) is 16.6. The minimum Gasteiger partial charge on any atom is -0.481 e. The van der Waals surface area contributed by atoms with Gasteiger partial charge in [-0.05, 0) is 74.4 Å². The Bertz CT molecular complexity index is 1280. The summed E-state index contributed by atoms with van der Waals surface area (Å²) in [6, 6.07) is 10.2. The second-order valence-electron chi connectivity index (χ2n) is 9.11. The number of hydrogen-bond acceptors (Lipinski definition) is 5. The van der Waals surface area contributed by atoms with Crippen molar-refractivity contribution in [2.75, 3.05) is 4.90 Å². The average Bonchev–Trinajstić information content (AvgIpc) is 3.22. The van der Waals surface area contributed by atoms with E-state index in [1.165, 1.54) is 11.2 Å². The highest BCUT2D eigenvalue weighted by molar-refractivity contribution is 6.06. The molecule has 1 amide bonds. The number of rotatable bonds is 6. The number of anilines is 1. The lowest BCUT2D eigenvalue weighted by atomic mass is 9.90. The molecule has 0 radical (unpaired) electrons. The highest BCUT2D eigenvalue weighted by Crippen LogP contribution is 2.51. The van der Waals surface area contributed by atoms with Gasteiger partial charge in [-0.15, -0.1) is 0 Å². The van der Waals surface area contributed by atoms with E-state index in [1.54, 1.807) is 25.1 Å². The summed E-state index contributed by atoms with van der Waals surface area (Å²) in [4.78, 5) is 38.8. The maximum Gasteiger partial charge on any atom is 0.311 e. The molecule has 2 N–H and O–H groups in total. The molecule has 0 saturated heterocycles. The second-order valence-corrected chi connectivity index (χ2v) is 9.11. The van der Waals surface area contributed by atoms with Crippen LogP contribution in [0.4, 0.5) is 5.69 Å². The molecule has 2 unspecified atom stereocenters. The second kappa shape index (κ2) is 8.03. The standard InChI is InChI=1S/C25H25N3O5/c1-25(24(31)32)14-21(25)28(23(30)20-10-5-11-33-20)16-7-4-6-15(12-16)13-19-17-8-2-3-9-18(17)22(29)27-26-19/h4-7,10-12,21H,2-3,8-9,13-14H2,1H3,(H,27,29)(H,31,32). The minimum absolute atomic E-state index is 0.112. The molecule has 2 aliphatic carbocycles. The number of benzene rings is 1. The van der Waals surface area contributed by atoms with Crippen LogP contribution < -0.4 is 10.5 Å². The van der Waals surface area contributed by atoms with Crippen molar-refractivity contribution in [1.82, 2.24) is 10.2 Å². The fourth-order valence-corrected chi connectivity index (χ4v) is 4.79. The van der Waals surface area contributed by atoms with Crippen LogP contribution in [0.15, 0.2) is 51.9 Å². The lowest BCUT2D eigenvalue weighted by Gasteiger charge is -2.24. The van der Waals surface area contributed by atoms with Gasteiger partial charge in [0.25, 0.3) is 11.5 Å². The molecule has 0 spiro atoms. The van der Waals surface area contributed by atoms with Gasteiger partial charge < -0.3 is 14.4 Å². The monoisotopic (exact) mass is 447 g/mol. The zero-order chi connectivity index (χ0) is 23.2. The molecular weight excluding hydrogens is 422 g/mol. The first kappa shape index (κ1) is 21.2. The van der Waals surface area contributed by atoms with E-state index in [4.69, 9.17) is 4.42 Å². The molecule has 1 saturated carbocycles. The van der Waals surface area contributed by atoms with Gasteiger partial charge in [0.2, 0.25) is 0 Å². The third-order valence-electron chi connectivity index (χ3n) is 6.89. The van der Waals surface area contributed by atoms with Crippen molar-refractivity contribution < 1.29 is 19.1 Å². The zero-order valence-corrected chi connectivity index (χ0v) is 18.3. The highest BCUT2D eigenvalue weighted by Gasteiger charge is 2.61. The smallest absolute Gasteiger partial charge is 0.311 e. The number of carboxylic acids is 1. The highest BCUT2D eigenvalue weighted by atomic mass is 16.4. The third kappa shape index (κ3) is 3.75. The first-order valence-electron chi connectivity index (χ1n) is 11.2. The van der Waals surface area contributed by atoms with Crippen molar-refractivity contribution in [3.63, 3.8) is 0 Å². The molecule has 8 heteroatoms. The number of furan rings is 1. The number of hydrogen-bond donors (Lipinski definition) is 2. The molecule has 0 aliphatic heterocycles. The molecule has 170 valence electrons.